The second kappa shape index (κ2) is 12.4. The van der Waals surface area contributed by atoms with E-state index in [1.54, 1.807) is 0 Å². The Morgan fingerprint density at radius 2 is 1.60 bits per heavy atom. The molecular formula is C19H37N. The van der Waals surface area contributed by atoms with Crippen LogP contribution in [0.1, 0.15) is 97.3 Å². The Morgan fingerprint density at radius 1 is 0.900 bits per heavy atom. The largest absolute Gasteiger partial charge is 0.312 e. The first kappa shape index (κ1) is 17.8. The molecule has 1 heterocycles. The van der Waals surface area contributed by atoms with Crippen molar-refractivity contribution in [1.82, 2.24) is 5.32 Å². The minimum Gasteiger partial charge on any atom is -0.312 e. The third-order valence-corrected chi connectivity index (χ3v) is 4.52. The molecular weight excluding hydrogens is 242 g/mol. The summed E-state index contributed by atoms with van der Waals surface area (Å²) in [6.07, 6.45) is 22.8. The monoisotopic (exact) mass is 279 g/mol. The molecule has 0 amide bonds. The van der Waals surface area contributed by atoms with Gasteiger partial charge in [0.1, 0.15) is 0 Å². The third kappa shape index (κ3) is 9.58. The Morgan fingerprint density at radius 3 is 2.35 bits per heavy atom. The van der Waals surface area contributed by atoms with Crippen molar-refractivity contribution in [3.05, 3.63) is 12.2 Å². The van der Waals surface area contributed by atoms with Crippen LogP contribution in [0.15, 0.2) is 12.2 Å². The number of unbranched alkanes of at least 4 members (excludes halogenated alkanes) is 7. The van der Waals surface area contributed by atoms with E-state index in [1.807, 2.05) is 0 Å². The van der Waals surface area contributed by atoms with Gasteiger partial charge in [0.15, 0.2) is 0 Å². The summed E-state index contributed by atoms with van der Waals surface area (Å²) in [5.41, 5.74) is 0. The van der Waals surface area contributed by atoms with Crippen molar-refractivity contribution in [3.8, 4) is 0 Å². The summed E-state index contributed by atoms with van der Waals surface area (Å²) in [6, 6.07) is 1.54. The highest BCUT2D eigenvalue weighted by atomic mass is 15.0. The summed E-state index contributed by atoms with van der Waals surface area (Å²) < 4.78 is 0. The molecule has 0 spiro atoms. The van der Waals surface area contributed by atoms with Crippen LogP contribution in [0.5, 0.6) is 0 Å². The summed E-state index contributed by atoms with van der Waals surface area (Å²) >= 11 is 0. The highest BCUT2D eigenvalue weighted by molar-refractivity contribution is 4.83. The molecule has 1 aliphatic heterocycles. The molecule has 1 heteroatoms. The second-order valence-corrected chi connectivity index (χ2v) is 6.65. The van der Waals surface area contributed by atoms with E-state index in [0.717, 1.165) is 12.1 Å². The smallest absolute Gasteiger partial charge is 0.00696 e. The first-order valence-electron chi connectivity index (χ1n) is 9.24. The number of hydrogen-bond donors (Lipinski definition) is 1. The molecule has 0 aliphatic carbocycles. The Bertz CT molecular complexity index is 234. The Kier molecular flexibility index (Phi) is 11.0. The molecule has 1 aliphatic rings. The second-order valence-electron chi connectivity index (χ2n) is 6.65. The molecule has 2 unspecified atom stereocenters. The van der Waals surface area contributed by atoms with Crippen LogP contribution < -0.4 is 5.32 Å². The van der Waals surface area contributed by atoms with E-state index in [1.165, 1.54) is 83.5 Å². The summed E-state index contributed by atoms with van der Waals surface area (Å²) in [5, 5.41) is 3.73. The SMILES string of the molecule is CCCCCCCC/C=C/CCCC1CCCC(C)N1. The van der Waals surface area contributed by atoms with Crippen LogP contribution in [0.3, 0.4) is 0 Å². The zero-order valence-corrected chi connectivity index (χ0v) is 14.0. The van der Waals surface area contributed by atoms with Gasteiger partial charge >= 0.3 is 0 Å². The minimum atomic E-state index is 0.747. The van der Waals surface area contributed by atoms with Crippen LogP contribution in [0.2, 0.25) is 0 Å². The van der Waals surface area contributed by atoms with Crippen LogP contribution in [-0.4, -0.2) is 12.1 Å². The fraction of sp³-hybridized carbons (Fsp3) is 0.895. The zero-order valence-electron chi connectivity index (χ0n) is 14.0. The summed E-state index contributed by atoms with van der Waals surface area (Å²) in [7, 11) is 0. The molecule has 118 valence electrons. The molecule has 0 aromatic carbocycles. The number of allylic oxidation sites excluding steroid dienone is 2. The molecule has 0 radical (unpaired) electrons. The number of nitrogens with one attached hydrogen (secondary N) is 1. The van der Waals surface area contributed by atoms with E-state index in [4.69, 9.17) is 0 Å². The van der Waals surface area contributed by atoms with E-state index in [2.05, 4.69) is 31.3 Å². The van der Waals surface area contributed by atoms with E-state index < -0.39 is 0 Å². The first-order valence-corrected chi connectivity index (χ1v) is 9.24. The minimum absolute atomic E-state index is 0.747. The van der Waals surface area contributed by atoms with Gasteiger partial charge < -0.3 is 5.32 Å². The fourth-order valence-electron chi connectivity index (χ4n) is 3.23. The van der Waals surface area contributed by atoms with Crippen molar-refractivity contribution in [3.63, 3.8) is 0 Å². The normalized spacial score (nSPS) is 23.5. The van der Waals surface area contributed by atoms with Crippen molar-refractivity contribution in [2.24, 2.45) is 0 Å². The summed E-state index contributed by atoms with van der Waals surface area (Å²) in [6.45, 7) is 4.61. The van der Waals surface area contributed by atoms with Gasteiger partial charge in [-0.05, 0) is 51.9 Å². The van der Waals surface area contributed by atoms with Gasteiger partial charge in [0.25, 0.3) is 0 Å². The van der Waals surface area contributed by atoms with E-state index in [0.29, 0.717) is 0 Å². The molecule has 1 rings (SSSR count). The lowest BCUT2D eigenvalue weighted by molar-refractivity contribution is 0.318. The van der Waals surface area contributed by atoms with E-state index in [9.17, 15) is 0 Å². The average Bonchev–Trinajstić information content (AvgIpc) is 2.45. The van der Waals surface area contributed by atoms with Gasteiger partial charge in [0.05, 0.1) is 0 Å². The van der Waals surface area contributed by atoms with Crippen LogP contribution in [0.25, 0.3) is 0 Å². The number of rotatable bonds is 11. The van der Waals surface area contributed by atoms with Crippen LogP contribution in [-0.2, 0) is 0 Å². The molecule has 0 saturated carbocycles. The molecule has 0 aromatic heterocycles. The van der Waals surface area contributed by atoms with Crippen LogP contribution >= 0.6 is 0 Å². The maximum absolute atomic E-state index is 3.73. The summed E-state index contributed by atoms with van der Waals surface area (Å²) in [4.78, 5) is 0. The van der Waals surface area contributed by atoms with Gasteiger partial charge in [-0.2, -0.15) is 0 Å². The van der Waals surface area contributed by atoms with Crippen molar-refractivity contribution in [2.75, 3.05) is 0 Å². The predicted molar refractivity (Wildman–Crippen MR) is 91.2 cm³/mol. The maximum atomic E-state index is 3.73. The van der Waals surface area contributed by atoms with Crippen molar-refractivity contribution < 1.29 is 0 Å². The lowest BCUT2D eigenvalue weighted by Crippen LogP contribution is -2.40. The lowest BCUT2D eigenvalue weighted by atomic mass is 9.96. The van der Waals surface area contributed by atoms with Crippen molar-refractivity contribution in [2.45, 2.75) is 109 Å². The molecule has 1 fully saturated rings. The quantitative estimate of drug-likeness (QED) is 0.361. The number of hydrogen-bond acceptors (Lipinski definition) is 1. The van der Waals surface area contributed by atoms with Gasteiger partial charge in [0.2, 0.25) is 0 Å². The van der Waals surface area contributed by atoms with Crippen LogP contribution in [0, 0.1) is 0 Å². The van der Waals surface area contributed by atoms with E-state index in [-0.39, 0.29) is 0 Å². The topological polar surface area (TPSA) is 12.0 Å². The van der Waals surface area contributed by atoms with Crippen LogP contribution in [0.4, 0.5) is 0 Å². The molecule has 2 atom stereocenters. The van der Waals surface area contributed by atoms with Gasteiger partial charge in [0, 0.05) is 12.1 Å². The van der Waals surface area contributed by atoms with Gasteiger partial charge in [-0.15, -0.1) is 0 Å². The fourth-order valence-corrected chi connectivity index (χ4v) is 3.23. The number of piperidine rings is 1. The van der Waals surface area contributed by atoms with Gasteiger partial charge in [-0.1, -0.05) is 57.6 Å². The summed E-state index contributed by atoms with van der Waals surface area (Å²) in [5.74, 6) is 0. The Hall–Kier alpha value is -0.300. The zero-order chi connectivity index (χ0) is 14.5. The van der Waals surface area contributed by atoms with Gasteiger partial charge in [-0.3, -0.25) is 0 Å². The Balaban J connectivity index is 1.84. The molecule has 1 nitrogen and oxygen atoms in total. The molecule has 20 heavy (non-hydrogen) atoms. The Labute approximate surface area is 127 Å². The maximum Gasteiger partial charge on any atom is 0.00696 e. The first-order chi connectivity index (χ1) is 9.83. The highest BCUT2D eigenvalue weighted by Gasteiger charge is 2.16. The predicted octanol–water partition coefficient (Wildman–Crippen LogP) is 5.99. The average molecular weight is 280 g/mol. The van der Waals surface area contributed by atoms with Crippen molar-refractivity contribution in [1.29, 1.82) is 0 Å². The lowest BCUT2D eigenvalue weighted by Gasteiger charge is -2.28. The van der Waals surface area contributed by atoms with Crippen molar-refractivity contribution >= 4 is 0 Å². The third-order valence-electron chi connectivity index (χ3n) is 4.52. The molecule has 1 saturated heterocycles. The highest BCUT2D eigenvalue weighted by Crippen LogP contribution is 2.16. The van der Waals surface area contributed by atoms with Gasteiger partial charge in [-0.25, -0.2) is 0 Å². The molecule has 0 aromatic rings. The standard InChI is InChI=1S/C19H37N/c1-3-4-5-6-7-8-9-10-11-12-13-16-19-17-14-15-18(2)20-19/h10-11,18-20H,3-9,12-17H2,1-2H3/b11-10+. The molecule has 1 N–H and O–H groups in total. The van der Waals surface area contributed by atoms with E-state index >= 15 is 0 Å². The molecule has 0 bridgehead atoms.